The second-order valence-corrected chi connectivity index (χ2v) is 8.72. The molecule has 0 saturated carbocycles. The van der Waals surface area contributed by atoms with E-state index in [1.165, 1.54) is 29.2 Å². The lowest BCUT2D eigenvalue weighted by molar-refractivity contribution is -0.384. The molecule has 2 aliphatic heterocycles. The van der Waals surface area contributed by atoms with Crippen molar-refractivity contribution in [2.24, 2.45) is 5.92 Å². The Hall–Kier alpha value is -2.73. The van der Waals surface area contributed by atoms with Gasteiger partial charge in [-0.3, -0.25) is 19.1 Å². The molecule has 2 aliphatic rings. The van der Waals surface area contributed by atoms with E-state index in [1.54, 1.807) is 0 Å². The number of nitro groups is 1. The number of rotatable bonds is 6. The fraction of sp³-hybridized carbons (Fsp3) is 0.529. The molecule has 0 aliphatic carbocycles. The van der Waals surface area contributed by atoms with Crippen LogP contribution in [-0.2, 0) is 30.4 Å². The van der Waals surface area contributed by atoms with Crippen LogP contribution in [0.3, 0.4) is 0 Å². The number of hydrogen-bond acceptors (Lipinski definition) is 8. The Labute approximate surface area is 167 Å². The highest BCUT2D eigenvalue weighted by molar-refractivity contribution is 7.86. The van der Waals surface area contributed by atoms with E-state index in [2.05, 4.69) is 5.32 Å². The van der Waals surface area contributed by atoms with Gasteiger partial charge in [0.05, 0.1) is 23.8 Å². The highest BCUT2D eigenvalue weighted by atomic mass is 32.2. The molecule has 0 bridgehead atoms. The zero-order chi connectivity index (χ0) is 21.2. The summed E-state index contributed by atoms with van der Waals surface area (Å²) in [4.78, 5) is 35.8. The molecule has 0 radical (unpaired) electrons. The van der Waals surface area contributed by atoms with E-state index in [0.717, 1.165) is 6.26 Å². The Morgan fingerprint density at radius 1 is 1.34 bits per heavy atom. The predicted octanol–water partition coefficient (Wildman–Crippen LogP) is 0.787. The van der Waals surface area contributed by atoms with Gasteiger partial charge in [-0.1, -0.05) is 0 Å². The minimum absolute atomic E-state index is 0.0293. The monoisotopic (exact) mass is 427 g/mol. The minimum Gasteiger partial charge on any atom is -0.445 e. The molecular weight excluding hydrogens is 406 g/mol. The number of non-ortho nitro benzene ring substituents is 1. The average Bonchev–Trinajstić information content (AvgIpc) is 3.24. The highest BCUT2D eigenvalue weighted by Crippen LogP contribution is 2.31. The van der Waals surface area contributed by atoms with Crippen molar-refractivity contribution in [3.63, 3.8) is 0 Å². The molecule has 2 heterocycles. The summed E-state index contributed by atoms with van der Waals surface area (Å²) in [6.07, 6.45) is 0.0879. The normalized spacial score (nSPS) is 24.4. The average molecular weight is 427 g/mol. The fourth-order valence-corrected chi connectivity index (χ4v) is 4.27. The second kappa shape index (κ2) is 8.33. The van der Waals surface area contributed by atoms with E-state index in [-0.39, 0.29) is 43.5 Å². The first kappa shape index (κ1) is 21.0. The smallest absolute Gasteiger partial charge is 0.410 e. The highest BCUT2D eigenvalue weighted by Gasteiger charge is 2.44. The summed E-state index contributed by atoms with van der Waals surface area (Å²) in [5.41, 5.74) is 0.500. The summed E-state index contributed by atoms with van der Waals surface area (Å²) >= 11 is 0. The van der Waals surface area contributed by atoms with Crippen LogP contribution in [0.5, 0.6) is 0 Å². The van der Waals surface area contributed by atoms with Gasteiger partial charge >= 0.3 is 6.09 Å². The van der Waals surface area contributed by atoms with Crippen molar-refractivity contribution in [1.82, 2.24) is 10.2 Å². The Balaban J connectivity index is 1.66. The van der Waals surface area contributed by atoms with Crippen molar-refractivity contribution in [3.8, 4) is 0 Å². The first-order valence-corrected chi connectivity index (χ1v) is 10.8. The molecule has 2 saturated heterocycles. The van der Waals surface area contributed by atoms with Gasteiger partial charge in [-0.05, 0) is 24.1 Å². The summed E-state index contributed by atoms with van der Waals surface area (Å²) in [6, 6.07) is 5.20. The van der Waals surface area contributed by atoms with Gasteiger partial charge in [0.25, 0.3) is 15.8 Å². The van der Waals surface area contributed by atoms with E-state index in [9.17, 15) is 28.1 Å². The van der Waals surface area contributed by atoms with E-state index in [4.69, 9.17) is 8.92 Å². The predicted molar refractivity (Wildman–Crippen MR) is 99.2 cm³/mol. The second-order valence-electron chi connectivity index (χ2n) is 7.12. The van der Waals surface area contributed by atoms with Gasteiger partial charge in [0.2, 0.25) is 5.91 Å². The van der Waals surface area contributed by atoms with Gasteiger partial charge in [-0.2, -0.15) is 8.42 Å². The maximum atomic E-state index is 12.6. The number of carbonyl (C=O) groups excluding carboxylic acids is 2. The summed E-state index contributed by atoms with van der Waals surface area (Å²) in [5.74, 6) is -0.288. The lowest BCUT2D eigenvalue weighted by Gasteiger charge is -2.27. The standard InChI is InChI=1S/C17H21N3O8S/c1-29(25,26)28-14-7-15(12-6-16(21)18-8-12)19(9-14)17(22)27-10-11-2-4-13(5-3-11)20(23)24/h2-5,12,14-15H,6-10H2,1H3,(H,18,21)/t12?,14-,15+/m1/s1. The molecule has 0 aromatic heterocycles. The quantitative estimate of drug-likeness (QED) is 0.398. The number of likely N-dealkylation sites (tertiary alicyclic amines) is 1. The number of nitrogens with zero attached hydrogens (tertiary/aromatic N) is 2. The van der Waals surface area contributed by atoms with Crippen molar-refractivity contribution in [2.45, 2.75) is 31.6 Å². The van der Waals surface area contributed by atoms with Gasteiger partial charge < -0.3 is 15.0 Å². The number of amides is 2. The maximum Gasteiger partial charge on any atom is 0.410 e. The summed E-state index contributed by atoms with van der Waals surface area (Å²) in [7, 11) is -3.70. The number of benzene rings is 1. The first-order valence-electron chi connectivity index (χ1n) is 8.94. The van der Waals surface area contributed by atoms with Crippen LogP contribution in [0.4, 0.5) is 10.5 Å². The molecule has 29 heavy (non-hydrogen) atoms. The van der Waals surface area contributed by atoms with Crippen LogP contribution in [0.15, 0.2) is 24.3 Å². The van der Waals surface area contributed by atoms with Crippen molar-refractivity contribution in [2.75, 3.05) is 19.3 Å². The number of ether oxygens (including phenoxy) is 1. The molecule has 3 atom stereocenters. The van der Waals surface area contributed by atoms with Gasteiger partial charge in [-0.15, -0.1) is 0 Å². The molecule has 158 valence electrons. The van der Waals surface area contributed by atoms with Crippen molar-refractivity contribution in [3.05, 3.63) is 39.9 Å². The molecule has 1 aromatic carbocycles. The zero-order valence-electron chi connectivity index (χ0n) is 15.6. The molecule has 11 nitrogen and oxygen atoms in total. The van der Waals surface area contributed by atoms with Gasteiger partial charge in [0, 0.05) is 37.1 Å². The lowest BCUT2D eigenvalue weighted by atomic mass is 9.96. The summed E-state index contributed by atoms with van der Waals surface area (Å²) in [5, 5.41) is 13.4. The summed E-state index contributed by atoms with van der Waals surface area (Å²) < 4.78 is 33.3. The molecule has 12 heteroatoms. The van der Waals surface area contributed by atoms with Crippen molar-refractivity contribution >= 4 is 27.8 Å². The zero-order valence-corrected chi connectivity index (χ0v) is 16.5. The third kappa shape index (κ3) is 5.41. The van der Waals surface area contributed by atoms with Crippen LogP contribution in [0.25, 0.3) is 0 Å². The topological polar surface area (TPSA) is 145 Å². The lowest BCUT2D eigenvalue weighted by Crippen LogP contribution is -2.41. The molecule has 2 fully saturated rings. The number of nitro benzene ring substituents is 1. The minimum atomic E-state index is -3.70. The molecule has 1 aromatic rings. The van der Waals surface area contributed by atoms with Crippen molar-refractivity contribution < 1.29 is 31.9 Å². The SMILES string of the molecule is CS(=O)(=O)O[C@@H]1C[C@@H](C2CNC(=O)C2)N(C(=O)OCc2ccc([N+](=O)[O-])cc2)C1. The van der Waals surface area contributed by atoms with Crippen molar-refractivity contribution in [1.29, 1.82) is 0 Å². The number of hydrogen-bond donors (Lipinski definition) is 1. The van der Waals surface area contributed by atoms with Gasteiger partial charge in [-0.25, -0.2) is 4.79 Å². The first-order chi connectivity index (χ1) is 13.6. The molecule has 2 amide bonds. The summed E-state index contributed by atoms with van der Waals surface area (Å²) in [6.45, 7) is 0.322. The largest absolute Gasteiger partial charge is 0.445 e. The number of nitrogens with one attached hydrogen (secondary N) is 1. The Morgan fingerprint density at radius 3 is 2.59 bits per heavy atom. The van der Waals surface area contributed by atoms with Crippen LogP contribution < -0.4 is 5.32 Å². The molecule has 3 rings (SSSR count). The van der Waals surface area contributed by atoms with E-state index < -0.39 is 33.3 Å². The third-order valence-electron chi connectivity index (χ3n) is 4.91. The van der Waals surface area contributed by atoms with E-state index in [1.807, 2.05) is 0 Å². The molecule has 0 spiro atoms. The molecule has 1 N–H and O–H groups in total. The van der Waals surface area contributed by atoms with Crippen LogP contribution >= 0.6 is 0 Å². The maximum absolute atomic E-state index is 12.6. The molecule has 1 unspecified atom stereocenters. The number of carbonyl (C=O) groups is 2. The fourth-order valence-electron chi connectivity index (χ4n) is 3.64. The van der Waals surface area contributed by atoms with Gasteiger partial charge in [0.1, 0.15) is 6.61 Å². The van der Waals surface area contributed by atoms with Crippen LogP contribution in [0, 0.1) is 16.0 Å². The Bertz CT molecular complexity index is 902. The van der Waals surface area contributed by atoms with Crippen LogP contribution in [0.1, 0.15) is 18.4 Å². The Morgan fingerprint density at radius 2 is 2.03 bits per heavy atom. The molecular formula is C17H21N3O8S. The Kier molecular flexibility index (Phi) is 6.03. The van der Waals surface area contributed by atoms with Crippen LogP contribution in [-0.4, -0.2) is 61.7 Å². The van der Waals surface area contributed by atoms with Crippen LogP contribution in [0.2, 0.25) is 0 Å². The third-order valence-corrected chi connectivity index (χ3v) is 5.53. The van der Waals surface area contributed by atoms with E-state index in [0.29, 0.717) is 12.1 Å². The van der Waals surface area contributed by atoms with E-state index >= 15 is 0 Å². The van der Waals surface area contributed by atoms with Gasteiger partial charge in [0.15, 0.2) is 0 Å².